The van der Waals surface area contributed by atoms with Gasteiger partial charge in [-0.2, -0.15) is 0 Å². The molecule has 0 aromatic rings. The van der Waals surface area contributed by atoms with Crippen molar-refractivity contribution in [2.75, 3.05) is 19.8 Å². The minimum Gasteiger partial charge on any atom is -0.465 e. The van der Waals surface area contributed by atoms with E-state index in [9.17, 15) is 9.59 Å². The maximum Gasteiger partial charge on any atom is 0.330 e. The van der Waals surface area contributed by atoms with E-state index in [-0.39, 0.29) is 32.2 Å². The van der Waals surface area contributed by atoms with Gasteiger partial charge in [0.25, 0.3) is 0 Å². The summed E-state index contributed by atoms with van der Waals surface area (Å²) in [7, 11) is 0. The summed E-state index contributed by atoms with van der Waals surface area (Å²) in [5.41, 5.74) is -0.476. The van der Waals surface area contributed by atoms with Gasteiger partial charge in [0.15, 0.2) is 0 Å². The van der Waals surface area contributed by atoms with Crippen LogP contribution in [0, 0.1) is 5.41 Å². The molecule has 0 aromatic heterocycles. The number of carbonyl (C=O) groups excluding carboxylic acids is 2. The molecule has 1 N–H and O–H groups in total. The van der Waals surface area contributed by atoms with Gasteiger partial charge >= 0.3 is 11.9 Å². The Morgan fingerprint density at radius 1 is 1.00 bits per heavy atom. The maximum atomic E-state index is 11.7. The Bertz CT molecular complexity index is 388. The van der Waals surface area contributed by atoms with Gasteiger partial charge in [0, 0.05) is 24.5 Å². The van der Waals surface area contributed by atoms with Crippen molar-refractivity contribution in [2.45, 2.75) is 38.5 Å². The predicted molar refractivity (Wildman–Crippen MR) is 89.7 cm³/mol. The monoisotopic (exact) mass is 324 g/mol. The molecule has 0 radical (unpaired) electrons. The topological polar surface area (TPSA) is 72.8 Å². The van der Waals surface area contributed by atoms with Gasteiger partial charge in [-0.3, -0.25) is 4.79 Å². The third kappa shape index (κ3) is 9.68. The Morgan fingerprint density at radius 3 is 2.04 bits per heavy atom. The number of ether oxygens (including phenoxy) is 2. The number of hydrogen-bond acceptors (Lipinski definition) is 5. The smallest absolute Gasteiger partial charge is 0.330 e. The highest BCUT2D eigenvalue weighted by atomic mass is 16.5. The number of aliphatic hydroxyl groups is 1. The van der Waals surface area contributed by atoms with Gasteiger partial charge in [0.05, 0.1) is 0 Å². The molecule has 0 rings (SSSR count). The van der Waals surface area contributed by atoms with Crippen molar-refractivity contribution in [3.05, 3.63) is 38.0 Å². The summed E-state index contributed by atoms with van der Waals surface area (Å²) < 4.78 is 10.5. The minimum atomic E-state index is -0.502. The quantitative estimate of drug-likeness (QED) is 0.302. The molecule has 0 spiro atoms. The van der Waals surface area contributed by atoms with Crippen LogP contribution < -0.4 is 0 Å². The standard InChI is InChI=1S/C18H28O5/c1-4-7-11-18(12-8-5-2,14-22-16(20)6-3)15-23-17(21)10-9-13-19/h4-6,19H,1-3,7-15H2. The molecule has 0 unspecified atom stereocenters. The van der Waals surface area contributed by atoms with Crippen molar-refractivity contribution in [3.63, 3.8) is 0 Å². The number of rotatable bonds is 14. The zero-order chi connectivity index (χ0) is 17.6. The number of hydrogen-bond donors (Lipinski definition) is 1. The Labute approximate surface area is 138 Å². The van der Waals surface area contributed by atoms with Crippen molar-refractivity contribution in [2.24, 2.45) is 5.41 Å². The molecule has 130 valence electrons. The molecular formula is C18H28O5. The average molecular weight is 324 g/mol. The molecule has 0 heterocycles. The second-order valence-corrected chi connectivity index (χ2v) is 5.45. The first-order chi connectivity index (χ1) is 11.0. The second kappa shape index (κ2) is 12.6. The van der Waals surface area contributed by atoms with Crippen molar-refractivity contribution >= 4 is 11.9 Å². The van der Waals surface area contributed by atoms with Crippen LogP contribution in [-0.4, -0.2) is 36.9 Å². The summed E-state index contributed by atoms with van der Waals surface area (Å²) in [6.45, 7) is 11.1. The molecule has 23 heavy (non-hydrogen) atoms. The predicted octanol–water partition coefficient (Wildman–Crippen LogP) is 2.95. The van der Waals surface area contributed by atoms with Crippen molar-refractivity contribution in [3.8, 4) is 0 Å². The lowest BCUT2D eigenvalue weighted by molar-refractivity contribution is -0.152. The third-order valence-electron chi connectivity index (χ3n) is 3.52. The summed E-state index contributed by atoms with van der Waals surface area (Å²) in [4.78, 5) is 23.1. The van der Waals surface area contributed by atoms with Gasteiger partial charge in [-0.1, -0.05) is 18.7 Å². The van der Waals surface area contributed by atoms with E-state index in [4.69, 9.17) is 14.6 Å². The minimum absolute atomic E-state index is 0.0515. The number of allylic oxidation sites excluding steroid dienone is 2. The summed E-state index contributed by atoms with van der Waals surface area (Å²) >= 11 is 0. The molecule has 5 heteroatoms. The Morgan fingerprint density at radius 2 is 1.57 bits per heavy atom. The van der Waals surface area contributed by atoms with Gasteiger partial charge in [0.1, 0.15) is 13.2 Å². The molecule has 0 fully saturated rings. The lowest BCUT2D eigenvalue weighted by Crippen LogP contribution is -2.34. The highest BCUT2D eigenvalue weighted by Gasteiger charge is 2.32. The van der Waals surface area contributed by atoms with Crippen LogP contribution in [0.15, 0.2) is 38.0 Å². The van der Waals surface area contributed by atoms with Gasteiger partial charge in [-0.05, 0) is 32.1 Å². The largest absolute Gasteiger partial charge is 0.465 e. The van der Waals surface area contributed by atoms with Crippen LogP contribution in [0.5, 0.6) is 0 Å². The van der Waals surface area contributed by atoms with E-state index in [2.05, 4.69) is 19.7 Å². The van der Waals surface area contributed by atoms with Gasteiger partial charge in [0.2, 0.25) is 0 Å². The fraction of sp³-hybridized carbons (Fsp3) is 0.556. The summed E-state index contributed by atoms with van der Waals surface area (Å²) in [6.07, 6.45) is 8.02. The van der Waals surface area contributed by atoms with E-state index in [0.29, 0.717) is 19.3 Å². The van der Waals surface area contributed by atoms with Crippen LogP contribution in [-0.2, 0) is 19.1 Å². The lowest BCUT2D eigenvalue weighted by Gasteiger charge is -2.32. The van der Waals surface area contributed by atoms with E-state index in [0.717, 1.165) is 18.9 Å². The molecule has 0 amide bonds. The normalized spacial score (nSPS) is 10.7. The molecular weight excluding hydrogens is 296 g/mol. The van der Waals surface area contributed by atoms with Crippen molar-refractivity contribution < 1.29 is 24.2 Å². The summed E-state index contributed by atoms with van der Waals surface area (Å²) in [6, 6.07) is 0. The Hall–Kier alpha value is -1.88. The second-order valence-electron chi connectivity index (χ2n) is 5.45. The van der Waals surface area contributed by atoms with Crippen LogP contribution in [0.2, 0.25) is 0 Å². The SMILES string of the molecule is C=CCCC(CCC=C)(COC(=O)C=C)COC(=O)CCCO. The molecule has 0 aromatic carbocycles. The van der Waals surface area contributed by atoms with Crippen LogP contribution >= 0.6 is 0 Å². The highest BCUT2D eigenvalue weighted by Crippen LogP contribution is 2.32. The summed E-state index contributed by atoms with van der Waals surface area (Å²) in [5.74, 6) is -0.867. The third-order valence-corrected chi connectivity index (χ3v) is 3.52. The van der Waals surface area contributed by atoms with Gasteiger partial charge in [-0.15, -0.1) is 13.2 Å². The van der Waals surface area contributed by atoms with Gasteiger partial charge < -0.3 is 14.6 Å². The molecule has 0 aliphatic rings. The van der Waals surface area contributed by atoms with E-state index in [1.54, 1.807) is 12.2 Å². The van der Waals surface area contributed by atoms with E-state index < -0.39 is 11.4 Å². The maximum absolute atomic E-state index is 11.7. The molecule has 5 nitrogen and oxygen atoms in total. The first kappa shape index (κ1) is 21.1. The first-order valence-electron chi connectivity index (χ1n) is 7.81. The molecule has 0 saturated heterocycles. The zero-order valence-corrected chi connectivity index (χ0v) is 13.8. The Balaban J connectivity index is 4.89. The Kier molecular flexibility index (Phi) is 11.6. The molecule has 0 atom stereocenters. The fourth-order valence-corrected chi connectivity index (χ4v) is 2.08. The number of carbonyl (C=O) groups is 2. The van der Waals surface area contributed by atoms with E-state index in [1.807, 2.05) is 0 Å². The van der Waals surface area contributed by atoms with Crippen molar-refractivity contribution in [1.29, 1.82) is 0 Å². The molecule has 0 aliphatic carbocycles. The molecule has 0 bridgehead atoms. The highest BCUT2D eigenvalue weighted by molar-refractivity contribution is 5.81. The van der Waals surface area contributed by atoms with Crippen LogP contribution in [0.25, 0.3) is 0 Å². The number of esters is 2. The van der Waals surface area contributed by atoms with Crippen LogP contribution in [0.3, 0.4) is 0 Å². The summed E-state index contributed by atoms with van der Waals surface area (Å²) in [5, 5.41) is 8.75. The average Bonchev–Trinajstić information content (AvgIpc) is 2.58. The van der Waals surface area contributed by atoms with Crippen LogP contribution in [0.1, 0.15) is 38.5 Å². The first-order valence-corrected chi connectivity index (χ1v) is 7.81. The van der Waals surface area contributed by atoms with Gasteiger partial charge in [-0.25, -0.2) is 4.79 Å². The molecule has 0 aliphatic heterocycles. The zero-order valence-electron chi connectivity index (χ0n) is 13.8. The fourth-order valence-electron chi connectivity index (χ4n) is 2.08. The van der Waals surface area contributed by atoms with E-state index in [1.165, 1.54) is 0 Å². The van der Waals surface area contributed by atoms with Crippen LogP contribution in [0.4, 0.5) is 0 Å². The van der Waals surface area contributed by atoms with Crippen molar-refractivity contribution in [1.82, 2.24) is 0 Å². The lowest BCUT2D eigenvalue weighted by atomic mass is 9.80. The number of aliphatic hydroxyl groups excluding tert-OH is 1. The van der Waals surface area contributed by atoms with E-state index >= 15 is 0 Å². The molecule has 0 saturated carbocycles.